The molecule has 18 heavy (non-hydrogen) atoms. The first kappa shape index (κ1) is 14.6. The molecule has 0 fully saturated rings. The first-order chi connectivity index (χ1) is 8.74. The topological polar surface area (TPSA) is 49.3 Å². The van der Waals surface area contributed by atoms with E-state index in [1.165, 1.54) is 6.07 Å². The maximum Gasteiger partial charge on any atom is 0.224 e. The summed E-state index contributed by atoms with van der Waals surface area (Å²) in [5.74, 6) is -0.488. The monoisotopic (exact) mass is 253 g/mol. The summed E-state index contributed by atoms with van der Waals surface area (Å²) in [6.45, 7) is 0.832. The lowest BCUT2D eigenvalue weighted by atomic mass is 10.1. The molecule has 1 aromatic carbocycles. The molecule has 0 unspecified atom stereocenters. The van der Waals surface area contributed by atoms with Gasteiger partial charge in [-0.25, -0.2) is 4.39 Å². The SMILES string of the molecule is O=C(Cc1ccccc1F)NCCCCCCO. The average Bonchev–Trinajstić information content (AvgIpc) is 2.36. The van der Waals surface area contributed by atoms with Crippen molar-refractivity contribution in [2.45, 2.75) is 32.1 Å². The van der Waals surface area contributed by atoms with E-state index in [-0.39, 0.29) is 24.8 Å². The smallest absolute Gasteiger partial charge is 0.224 e. The molecule has 0 saturated carbocycles. The third kappa shape index (κ3) is 5.77. The van der Waals surface area contributed by atoms with E-state index in [9.17, 15) is 9.18 Å². The maximum absolute atomic E-state index is 13.3. The quantitative estimate of drug-likeness (QED) is 0.696. The van der Waals surface area contributed by atoms with Gasteiger partial charge >= 0.3 is 0 Å². The highest BCUT2D eigenvalue weighted by molar-refractivity contribution is 5.78. The summed E-state index contributed by atoms with van der Waals surface area (Å²) >= 11 is 0. The molecule has 0 aliphatic carbocycles. The molecule has 0 aromatic heterocycles. The van der Waals surface area contributed by atoms with Crippen molar-refractivity contribution in [3.05, 3.63) is 35.6 Å². The van der Waals surface area contributed by atoms with E-state index in [2.05, 4.69) is 5.32 Å². The Balaban J connectivity index is 2.16. The molecule has 0 bridgehead atoms. The summed E-state index contributed by atoms with van der Waals surface area (Å²) in [7, 11) is 0. The molecule has 1 amide bonds. The number of halogens is 1. The third-order valence-corrected chi connectivity index (χ3v) is 2.72. The molecule has 1 aromatic rings. The summed E-state index contributed by atoms with van der Waals surface area (Å²) in [4.78, 5) is 11.5. The summed E-state index contributed by atoms with van der Waals surface area (Å²) in [6, 6.07) is 6.31. The number of aliphatic hydroxyl groups is 1. The molecule has 0 saturated heterocycles. The minimum Gasteiger partial charge on any atom is -0.396 e. The molecule has 1 rings (SSSR count). The molecule has 2 N–H and O–H groups in total. The van der Waals surface area contributed by atoms with Gasteiger partial charge in [0, 0.05) is 13.2 Å². The number of benzene rings is 1. The summed E-state index contributed by atoms with van der Waals surface area (Å²) in [5.41, 5.74) is 0.426. The van der Waals surface area contributed by atoms with E-state index in [0.29, 0.717) is 12.1 Å². The van der Waals surface area contributed by atoms with Crippen LogP contribution in [0.25, 0.3) is 0 Å². The van der Waals surface area contributed by atoms with E-state index in [0.717, 1.165) is 25.7 Å². The first-order valence-corrected chi connectivity index (χ1v) is 6.35. The Morgan fingerprint density at radius 2 is 1.89 bits per heavy atom. The van der Waals surface area contributed by atoms with Crippen molar-refractivity contribution in [1.29, 1.82) is 0 Å². The highest BCUT2D eigenvalue weighted by Crippen LogP contribution is 2.06. The summed E-state index contributed by atoms with van der Waals surface area (Å²) in [5, 5.41) is 11.4. The van der Waals surface area contributed by atoms with Crippen molar-refractivity contribution in [3.8, 4) is 0 Å². The van der Waals surface area contributed by atoms with Crippen molar-refractivity contribution in [2.24, 2.45) is 0 Å². The fourth-order valence-corrected chi connectivity index (χ4v) is 1.70. The van der Waals surface area contributed by atoms with Crippen LogP contribution in [-0.4, -0.2) is 24.2 Å². The molecule has 0 atom stereocenters. The predicted octanol–water partition coefficient (Wildman–Crippen LogP) is 2.04. The minimum atomic E-state index is -0.337. The van der Waals surface area contributed by atoms with Crippen molar-refractivity contribution in [1.82, 2.24) is 5.32 Å². The molecule has 100 valence electrons. The molecule has 0 aliphatic heterocycles. The van der Waals surface area contributed by atoms with Crippen LogP contribution in [0, 0.1) is 5.82 Å². The van der Waals surface area contributed by atoms with Gasteiger partial charge in [0.1, 0.15) is 5.82 Å². The van der Waals surface area contributed by atoms with Crippen molar-refractivity contribution in [3.63, 3.8) is 0 Å². The van der Waals surface area contributed by atoms with Crippen LogP contribution >= 0.6 is 0 Å². The van der Waals surface area contributed by atoms with Crippen LogP contribution < -0.4 is 5.32 Å². The second-order valence-electron chi connectivity index (χ2n) is 4.26. The average molecular weight is 253 g/mol. The second-order valence-corrected chi connectivity index (χ2v) is 4.26. The molecule has 4 heteroatoms. The summed E-state index contributed by atoms with van der Waals surface area (Å²) in [6.07, 6.45) is 3.75. The van der Waals surface area contributed by atoms with E-state index in [1.807, 2.05) is 0 Å². The zero-order valence-corrected chi connectivity index (χ0v) is 10.5. The Bertz CT molecular complexity index is 369. The number of unbranched alkanes of at least 4 members (excludes halogenated alkanes) is 3. The van der Waals surface area contributed by atoms with Crippen LogP contribution in [0.15, 0.2) is 24.3 Å². The normalized spacial score (nSPS) is 10.3. The van der Waals surface area contributed by atoms with E-state index < -0.39 is 0 Å². The fourth-order valence-electron chi connectivity index (χ4n) is 1.70. The lowest BCUT2D eigenvalue weighted by Crippen LogP contribution is -2.26. The number of rotatable bonds is 8. The first-order valence-electron chi connectivity index (χ1n) is 6.35. The zero-order valence-electron chi connectivity index (χ0n) is 10.5. The number of hydrogen-bond acceptors (Lipinski definition) is 2. The molecular formula is C14H20FNO2. The molecule has 3 nitrogen and oxygen atoms in total. The van der Waals surface area contributed by atoms with Gasteiger partial charge in [0.25, 0.3) is 0 Å². The highest BCUT2D eigenvalue weighted by Gasteiger charge is 2.06. The highest BCUT2D eigenvalue weighted by atomic mass is 19.1. The van der Waals surface area contributed by atoms with Crippen molar-refractivity contribution >= 4 is 5.91 Å². The van der Waals surface area contributed by atoms with Gasteiger partial charge in [-0.3, -0.25) is 4.79 Å². The Kier molecular flexibility index (Phi) is 7.03. The maximum atomic E-state index is 13.3. The van der Waals surface area contributed by atoms with Gasteiger partial charge in [-0.1, -0.05) is 31.0 Å². The Morgan fingerprint density at radius 1 is 1.17 bits per heavy atom. The van der Waals surface area contributed by atoms with Crippen molar-refractivity contribution < 1.29 is 14.3 Å². The Hall–Kier alpha value is -1.42. The fraction of sp³-hybridized carbons (Fsp3) is 0.500. The minimum absolute atomic E-state index is 0.0866. The van der Waals surface area contributed by atoms with E-state index in [1.54, 1.807) is 18.2 Å². The lowest BCUT2D eigenvalue weighted by molar-refractivity contribution is -0.120. The van der Waals surface area contributed by atoms with E-state index in [4.69, 9.17) is 5.11 Å². The van der Waals surface area contributed by atoms with Gasteiger partial charge < -0.3 is 10.4 Å². The Labute approximate surface area is 107 Å². The number of carbonyl (C=O) groups excluding carboxylic acids is 1. The van der Waals surface area contributed by atoms with Crippen LogP contribution in [0.3, 0.4) is 0 Å². The van der Waals surface area contributed by atoms with Crippen LogP contribution in [0.4, 0.5) is 4.39 Å². The zero-order chi connectivity index (χ0) is 13.2. The van der Waals surface area contributed by atoms with Gasteiger partial charge in [-0.2, -0.15) is 0 Å². The van der Waals surface area contributed by atoms with Gasteiger partial charge in [-0.05, 0) is 24.5 Å². The van der Waals surface area contributed by atoms with Crippen LogP contribution in [0.2, 0.25) is 0 Å². The number of aliphatic hydroxyl groups excluding tert-OH is 1. The van der Waals surface area contributed by atoms with E-state index >= 15 is 0 Å². The molecule has 0 radical (unpaired) electrons. The van der Waals surface area contributed by atoms with Gasteiger partial charge in [0.05, 0.1) is 6.42 Å². The second kappa shape index (κ2) is 8.64. The molecule has 0 heterocycles. The number of amides is 1. The van der Waals surface area contributed by atoms with Gasteiger partial charge in [0.2, 0.25) is 5.91 Å². The van der Waals surface area contributed by atoms with Gasteiger partial charge in [0.15, 0.2) is 0 Å². The standard InChI is InChI=1S/C14H20FNO2/c15-13-8-4-3-7-12(13)11-14(18)16-9-5-1-2-6-10-17/h3-4,7-8,17H,1-2,5-6,9-11H2,(H,16,18). The van der Waals surface area contributed by atoms with Crippen LogP contribution in [0.5, 0.6) is 0 Å². The third-order valence-electron chi connectivity index (χ3n) is 2.72. The predicted molar refractivity (Wildman–Crippen MR) is 68.7 cm³/mol. The van der Waals surface area contributed by atoms with Gasteiger partial charge in [-0.15, -0.1) is 0 Å². The number of nitrogens with one attached hydrogen (secondary N) is 1. The number of hydrogen-bond donors (Lipinski definition) is 2. The summed E-state index contributed by atoms with van der Waals surface area (Å²) < 4.78 is 13.3. The molecule has 0 spiro atoms. The molecule has 0 aliphatic rings. The van der Waals surface area contributed by atoms with Crippen LogP contribution in [-0.2, 0) is 11.2 Å². The molecular weight excluding hydrogens is 233 g/mol. The number of carbonyl (C=O) groups is 1. The lowest BCUT2D eigenvalue weighted by Gasteiger charge is -2.05. The largest absolute Gasteiger partial charge is 0.396 e. The van der Waals surface area contributed by atoms with Crippen LogP contribution in [0.1, 0.15) is 31.2 Å². The Morgan fingerprint density at radius 3 is 2.61 bits per heavy atom. The van der Waals surface area contributed by atoms with Crippen molar-refractivity contribution in [2.75, 3.05) is 13.2 Å².